The van der Waals surface area contributed by atoms with Gasteiger partial charge >= 0.3 is 0 Å². The Morgan fingerprint density at radius 3 is 2.59 bits per heavy atom. The highest BCUT2D eigenvalue weighted by atomic mass is 16.5. The highest BCUT2D eigenvalue weighted by molar-refractivity contribution is 5.92. The molecule has 0 N–H and O–H groups in total. The van der Waals surface area contributed by atoms with Crippen LogP contribution in [0.3, 0.4) is 0 Å². The highest BCUT2D eigenvalue weighted by Gasteiger charge is 2.24. The first-order valence-corrected chi connectivity index (χ1v) is 7.34. The number of nitrogens with zero attached hydrogens (tertiary/aromatic N) is 5. The molecule has 3 heterocycles. The molecule has 3 rings (SSSR count). The average Bonchev–Trinajstić information content (AvgIpc) is 2.88. The Morgan fingerprint density at radius 2 is 2.00 bits per heavy atom. The second-order valence-electron chi connectivity index (χ2n) is 5.46. The summed E-state index contributed by atoms with van der Waals surface area (Å²) in [4.78, 5) is 24.5. The number of aromatic nitrogens is 3. The third kappa shape index (κ3) is 2.99. The number of carbonyl (C=O) groups is 1. The van der Waals surface area contributed by atoms with E-state index in [4.69, 9.17) is 4.52 Å². The van der Waals surface area contributed by atoms with Crippen molar-refractivity contribution in [1.82, 2.24) is 24.9 Å². The maximum Gasteiger partial charge on any atom is 0.274 e. The van der Waals surface area contributed by atoms with Crippen molar-refractivity contribution in [3.8, 4) is 0 Å². The number of rotatable bonds is 3. The fourth-order valence-corrected chi connectivity index (χ4v) is 2.63. The van der Waals surface area contributed by atoms with Gasteiger partial charge in [0.25, 0.3) is 5.91 Å². The number of aryl methyl sites for hydroxylation is 2. The topological polar surface area (TPSA) is 75.4 Å². The molecule has 1 fully saturated rings. The van der Waals surface area contributed by atoms with E-state index >= 15 is 0 Å². The van der Waals surface area contributed by atoms with E-state index < -0.39 is 0 Å². The molecular weight excluding hydrogens is 282 g/mol. The van der Waals surface area contributed by atoms with E-state index in [1.54, 1.807) is 12.4 Å². The van der Waals surface area contributed by atoms with Crippen LogP contribution in [0.25, 0.3) is 0 Å². The fourth-order valence-electron chi connectivity index (χ4n) is 2.63. The van der Waals surface area contributed by atoms with E-state index in [-0.39, 0.29) is 5.91 Å². The van der Waals surface area contributed by atoms with E-state index in [0.29, 0.717) is 18.8 Å². The Labute approximate surface area is 128 Å². The average molecular weight is 301 g/mol. The summed E-state index contributed by atoms with van der Waals surface area (Å²) < 4.78 is 5.20. The monoisotopic (exact) mass is 301 g/mol. The zero-order valence-corrected chi connectivity index (χ0v) is 12.8. The summed E-state index contributed by atoms with van der Waals surface area (Å²) in [5, 5.41) is 3.98. The molecule has 1 amide bonds. The number of carbonyl (C=O) groups excluding carboxylic acids is 1. The Morgan fingerprint density at radius 1 is 1.23 bits per heavy atom. The minimum atomic E-state index is -0.0508. The van der Waals surface area contributed by atoms with Gasteiger partial charge in [0.1, 0.15) is 11.5 Å². The molecule has 0 bridgehead atoms. The van der Waals surface area contributed by atoms with Crippen molar-refractivity contribution >= 4 is 5.91 Å². The van der Waals surface area contributed by atoms with Crippen LogP contribution < -0.4 is 0 Å². The van der Waals surface area contributed by atoms with Crippen molar-refractivity contribution in [2.24, 2.45) is 0 Å². The molecule has 1 aliphatic rings. The molecule has 2 aromatic heterocycles. The summed E-state index contributed by atoms with van der Waals surface area (Å²) in [7, 11) is 0. The molecule has 0 aromatic carbocycles. The van der Waals surface area contributed by atoms with Gasteiger partial charge in [-0.15, -0.1) is 0 Å². The first kappa shape index (κ1) is 14.6. The largest absolute Gasteiger partial charge is 0.361 e. The fraction of sp³-hybridized carbons (Fsp3) is 0.467. The molecule has 7 nitrogen and oxygen atoms in total. The maximum atomic E-state index is 12.3. The Kier molecular flexibility index (Phi) is 4.15. The van der Waals surface area contributed by atoms with E-state index in [0.717, 1.165) is 36.7 Å². The molecule has 1 saturated heterocycles. The third-order valence-corrected chi connectivity index (χ3v) is 4.00. The molecule has 22 heavy (non-hydrogen) atoms. The van der Waals surface area contributed by atoms with Gasteiger partial charge in [0, 0.05) is 50.7 Å². The van der Waals surface area contributed by atoms with Crippen LogP contribution in [0, 0.1) is 13.8 Å². The predicted molar refractivity (Wildman–Crippen MR) is 79.2 cm³/mol. The van der Waals surface area contributed by atoms with Crippen LogP contribution in [0.5, 0.6) is 0 Å². The van der Waals surface area contributed by atoms with E-state index in [1.807, 2.05) is 18.7 Å². The van der Waals surface area contributed by atoms with Gasteiger partial charge in [-0.1, -0.05) is 5.16 Å². The quantitative estimate of drug-likeness (QED) is 0.843. The van der Waals surface area contributed by atoms with Crippen molar-refractivity contribution in [2.75, 3.05) is 26.2 Å². The van der Waals surface area contributed by atoms with Gasteiger partial charge in [0.2, 0.25) is 0 Å². The number of hydrogen-bond donors (Lipinski definition) is 0. The summed E-state index contributed by atoms with van der Waals surface area (Å²) in [6.07, 6.45) is 4.62. The lowest BCUT2D eigenvalue weighted by Crippen LogP contribution is -2.48. The lowest BCUT2D eigenvalue weighted by Gasteiger charge is -2.34. The Balaban J connectivity index is 1.58. The third-order valence-electron chi connectivity index (χ3n) is 4.00. The minimum Gasteiger partial charge on any atom is -0.361 e. The lowest BCUT2D eigenvalue weighted by molar-refractivity contribution is 0.0621. The number of hydrogen-bond acceptors (Lipinski definition) is 6. The summed E-state index contributed by atoms with van der Waals surface area (Å²) in [6, 6.07) is 0. The second-order valence-corrected chi connectivity index (χ2v) is 5.46. The summed E-state index contributed by atoms with van der Waals surface area (Å²) in [6.45, 7) is 7.75. The Bertz CT molecular complexity index is 628. The zero-order valence-electron chi connectivity index (χ0n) is 12.8. The normalized spacial score (nSPS) is 16.0. The molecule has 1 aliphatic heterocycles. The van der Waals surface area contributed by atoms with Crippen LogP contribution in [0.15, 0.2) is 23.1 Å². The van der Waals surface area contributed by atoms with Gasteiger partial charge in [-0.25, -0.2) is 4.98 Å². The molecule has 0 unspecified atom stereocenters. The van der Waals surface area contributed by atoms with Crippen LogP contribution >= 0.6 is 0 Å². The predicted octanol–water partition coefficient (Wildman–Crippen LogP) is 1.04. The maximum absolute atomic E-state index is 12.3. The molecule has 116 valence electrons. The molecule has 0 saturated carbocycles. The van der Waals surface area contributed by atoms with E-state index in [2.05, 4.69) is 20.0 Å². The SMILES string of the molecule is Cc1noc(C)c1CN1CCN(C(=O)c2cnccn2)CC1. The molecule has 0 spiro atoms. The van der Waals surface area contributed by atoms with Crippen LogP contribution in [0.4, 0.5) is 0 Å². The van der Waals surface area contributed by atoms with Gasteiger partial charge in [-0.2, -0.15) is 0 Å². The van der Waals surface area contributed by atoms with Crippen molar-refractivity contribution in [3.63, 3.8) is 0 Å². The summed E-state index contributed by atoms with van der Waals surface area (Å²) >= 11 is 0. The van der Waals surface area contributed by atoms with Crippen molar-refractivity contribution in [3.05, 3.63) is 41.3 Å². The van der Waals surface area contributed by atoms with Gasteiger partial charge in [0.15, 0.2) is 0 Å². The number of amides is 1. The summed E-state index contributed by atoms with van der Waals surface area (Å²) in [5.74, 6) is 0.820. The second kappa shape index (κ2) is 6.23. The van der Waals surface area contributed by atoms with E-state index in [9.17, 15) is 4.79 Å². The lowest BCUT2D eigenvalue weighted by atomic mass is 10.1. The smallest absolute Gasteiger partial charge is 0.274 e. The van der Waals surface area contributed by atoms with E-state index in [1.165, 1.54) is 6.20 Å². The standard InChI is InChI=1S/C15H19N5O2/c1-11-13(12(2)22-18-11)10-19-5-7-20(8-6-19)15(21)14-9-16-3-4-17-14/h3-4,9H,5-8,10H2,1-2H3. The van der Waals surface area contributed by atoms with Crippen molar-refractivity contribution in [2.45, 2.75) is 20.4 Å². The van der Waals surface area contributed by atoms with Crippen molar-refractivity contribution in [1.29, 1.82) is 0 Å². The minimum absolute atomic E-state index is 0.0508. The molecule has 0 radical (unpaired) electrons. The summed E-state index contributed by atoms with van der Waals surface area (Å²) in [5.41, 5.74) is 2.49. The number of piperazine rings is 1. The molecule has 0 atom stereocenters. The molecule has 0 aliphatic carbocycles. The van der Waals surface area contributed by atoms with Gasteiger partial charge in [0.05, 0.1) is 11.9 Å². The molecule has 7 heteroatoms. The van der Waals surface area contributed by atoms with Gasteiger partial charge < -0.3 is 9.42 Å². The van der Waals surface area contributed by atoms with Crippen LogP contribution in [-0.2, 0) is 6.54 Å². The van der Waals surface area contributed by atoms with Gasteiger partial charge in [-0.05, 0) is 13.8 Å². The highest BCUT2D eigenvalue weighted by Crippen LogP contribution is 2.16. The molecule has 2 aromatic rings. The Hall–Kier alpha value is -2.28. The zero-order chi connectivity index (χ0) is 15.5. The van der Waals surface area contributed by atoms with Crippen LogP contribution in [0.2, 0.25) is 0 Å². The van der Waals surface area contributed by atoms with Crippen LogP contribution in [-0.4, -0.2) is 57.0 Å². The first-order chi connectivity index (χ1) is 10.6. The molecular formula is C15H19N5O2. The van der Waals surface area contributed by atoms with Gasteiger partial charge in [-0.3, -0.25) is 14.7 Å². The van der Waals surface area contributed by atoms with Crippen LogP contribution in [0.1, 0.15) is 27.5 Å². The first-order valence-electron chi connectivity index (χ1n) is 7.34. The van der Waals surface area contributed by atoms with Crippen molar-refractivity contribution < 1.29 is 9.32 Å².